The molecule has 178 valence electrons. The molecule has 1 unspecified atom stereocenters. The van der Waals surface area contributed by atoms with Gasteiger partial charge in [-0.2, -0.15) is 0 Å². The molecule has 0 radical (unpaired) electrons. The highest BCUT2D eigenvalue weighted by molar-refractivity contribution is 5.94. The van der Waals surface area contributed by atoms with Crippen molar-refractivity contribution in [3.05, 3.63) is 96.3 Å². The van der Waals surface area contributed by atoms with Crippen molar-refractivity contribution < 1.29 is 9.59 Å². The van der Waals surface area contributed by atoms with Gasteiger partial charge in [0.1, 0.15) is 12.4 Å². The van der Waals surface area contributed by atoms with Crippen molar-refractivity contribution in [3.63, 3.8) is 0 Å². The first kappa shape index (κ1) is 22.7. The van der Waals surface area contributed by atoms with Gasteiger partial charge in [0.15, 0.2) is 0 Å². The molecule has 0 spiro atoms. The zero-order valence-electron chi connectivity index (χ0n) is 19.8. The van der Waals surface area contributed by atoms with Crippen LogP contribution in [0.5, 0.6) is 0 Å². The van der Waals surface area contributed by atoms with Crippen LogP contribution in [0.15, 0.2) is 84.9 Å². The fraction of sp³-hybridized carbons (Fsp3) is 0.250. The Kier molecular flexibility index (Phi) is 6.48. The highest BCUT2D eigenvalue weighted by Crippen LogP contribution is 2.22. The number of nitrogens with one attached hydrogen (secondary N) is 1. The number of carbonyl (C=O) groups excluding carboxylic acids is 2. The van der Waals surface area contributed by atoms with Crippen LogP contribution in [0.25, 0.3) is 11.0 Å². The maximum absolute atomic E-state index is 13.3. The lowest BCUT2D eigenvalue weighted by Crippen LogP contribution is -2.49. The second-order valence-corrected chi connectivity index (χ2v) is 8.81. The molecule has 7 nitrogen and oxygen atoms in total. The average Bonchev–Trinajstić information content (AvgIpc) is 3.28. The lowest BCUT2D eigenvalue weighted by molar-refractivity contribution is -0.132. The van der Waals surface area contributed by atoms with E-state index in [0.29, 0.717) is 24.5 Å². The van der Waals surface area contributed by atoms with Crippen LogP contribution in [0.3, 0.4) is 0 Å². The summed E-state index contributed by atoms with van der Waals surface area (Å²) in [5.74, 6) is 0.565. The molecule has 1 atom stereocenters. The molecule has 5 rings (SSSR count). The van der Waals surface area contributed by atoms with Crippen molar-refractivity contribution in [2.75, 3.05) is 31.1 Å². The van der Waals surface area contributed by atoms with E-state index in [4.69, 9.17) is 4.98 Å². The van der Waals surface area contributed by atoms with E-state index in [1.807, 2.05) is 77.1 Å². The number of rotatable bonds is 6. The predicted molar refractivity (Wildman–Crippen MR) is 137 cm³/mol. The van der Waals surface area contributed by atoms with Crippen molar-refractivity contribution in [1.82, 2.24) is 19.8 Å². The van der Waals surface area contributed by atoms with Crippen LogP contribution in [-0.4, -0.2) is 52.4 Å². The van der Waals surface area contributed by atoms with Gasteiger partial charge in [0, 0.05) is 37.4 Å². The van der Waals surface area contributed by atoms with Gasteiger partial charge in [-0.25, -0.2) is 4.98 Å². The molecule has 35 heavy (non-hydrogen) atoms. The molecule has 1 N–H and O–H groups in total. The largest absolute Gasteiger partial charge is 0.368 e. The maximum Gasteiger partial charge on any atom is 0.251 e. The number of aromatic nitrogens is 2. The Labute approximate surface area is 205 Å². The smallest absolute Gasteiger partial charge is 0.251 e. The van der Waals surface area contributed by atoms with E-state index >= 15 is 0 Å². The SMILES string of the molecule is CC(NC(=O)c1ccccc1)c1nc2ccccc2n1CC(=O)N1CCN(c2ccccc2)CC1. The molecule has 2 amide bonds. The molecule has 1 saturated heterocycles. The van der Waals surface area contributed by atoms with Gasteiger partial charge in [-0.15, -0.1) is 0 Å². The minimum absolute atomic E-state index is 0.0590. The summed E-state index contributed by atoms with van der Waals surface area (Å²) in [6.07, 6.45) is 0. The Bertz CT molecular complexity index is 1310. The molecular weight excluding hydrogens is 438 g/mol. The monoisotopic (exact) mass is 467 g/mol. The summed E-state index contributed by atoms with van der Waals surface area (Å²) < 4.78 is 1.94. The number of anilines is 1. The first-order valence-corrected chi connectivity index (χ1v) is 12.0. The Morgan fingerprint density at radius 3 is 2.20 bits per heavy atom. The fourth-order valence-electron chi connectivity index (χ4n) is 4.61. The van der Waals surface area contributed by atoms with Gasteiger partial charge in [0.05, 0.1) is 17.1 Å². The van der Waals surface area contributed by atoms with Crippen LogP contribution in [0.2, 0.25) is 0 Å². The van der Waals surface area contributed by atoms with E-state index in [-0.39, 0.29) is 24.4 Å². The number of fused-ring (bicyclic) bond motifs is 1. The molecule has 1 fully saturated rings. The number of carbonyl (C=O) groups is 2. The summed E-state index contributed by atoms with van der Waals surface area (Å²) in [5, 5.41) is 3.04. The Morgan fingerprint density at radius 2 is 1.49 bits per heavy atom. The molecule has 0 bridgehead atoms. The minimum Gasteiger partial charge on any atom is -0.368 e. The number of para-hydroxylation sites is 3. The summed E-state index contributed by atoms with van der Waals surface area (Å²) in [6.45, 7) is 5.05. The molecular formula is C28H29N5O2. The van der Waals surface area contributed by atoms with E-state index in [1.54, 1.807) is 12.1 Å². The molecule has 7 heteroatoms. The van der Waals surface area contributed by atoms with E-state index in [2.05, 4.69) is 22.3 Å². The Balaban J connectivity index is 1.32. The average molecular weight is 468 g/mol. The predicted octanol–water partition coefficient (Wildman–Crippen LogP) is 3.88. The van der Waals surface area contributed by atoms with Crippen LogP contribution in [0.1, 0.15) is 29.1 Å². The number of piperazine rings is 1. The fourth-order valence-corrected chi connectivity index (χ4v) is 4.61. The van der Waals surface area contributed by atoms with Gasteiger partial charge in [-0.3, -0.25) is 9.59 Å². The Morgan fingerprint density at radius 1 is 0.857 bits per heavy atom. The van der Waals surface area contributed by atoms with E-state index < -0.39 is 0 Å². The van der Waals surface area contributed by atoms with Crippen LogP contribution < -0.4 is 10.2 Å². The normalized spacial score (nSPS) is 14.7. The number of imidazole rings is 1. The number of amides is 2. The van der Waals surface area contributed by atoms with Crippen molar-refractivity contribution in [2.24, 2.45) is 0 Å². The number of hydrogen-bond acceptors (Lipinski definition) is 4. The van der Waals surface area contributed by atoms with E-state index in [9.17, 15) is 9.59 Å². The van der Waals surface area contributed by atoms with Crippen LogP contribution >= 0.6 is 0 Å². The van der Waals surface area contributed by atoms with Gasteiger partial charge in [0.25, 0.3) is 5.91 Å². The second-order valence-electron chi connectivity index (χ2n) is 8.81. The number of nitrogens with zero attached hydrogens (tertiary/aromatic N) is 4. The Hall–Kier alpha value is -4.13. The van der Waals surface area contributed by atoms with E-state index in [1.165, 1.54) is 5.69 Å². The molecule has 2 heterocycles. The van der Waals surface area contributed by atoms with Crippen LogP contribution in [-0.2, 0) is 11.3 Å². The molecule has 1 aliphatic heterocycles. The van der Waals surface area contributed by atoms with Gasteiger partial charge in [-0.1, -0.05) is 48.5 Å². The van der Waals surface area contributed by atoms with Crippen LogP contribution in [0.4, 0.5) is 5.69 Å². The lowest BCUT2D eigenvalue weighted by atomic mass is 10.2. The second kappa shape index (κ2) is 10.0. The first-order chi connectivity index (χ1) is 17.1. The third kappa shape index (κ3) is 4.89. The summed E-state index contributed by atoms with van der Waals surface area (Å²) in [5.41, 5.74) is 3.48. The molecule has 0 aliphatic carbocycles. The zero-order valence-corrected chi connectivity index (χ0v) is 19.8. The van der Waals surface area contributed by atoms with Crippen LogP contribution in [0, 0.1) is 0 Å². The minimum atomic E-state index is -0.363. The summed E-state index contributed by atoms with van der Waals surface area (Å²) in [7, 11) is 0. The van der Waals surface area contributed by atoms with Crippen molar-refractivity contribution >= 4 is 28.5 Å². The quantitative estimate of drug-likeness (QED) is 0.467. The summed E-state index contributed by atoms with van der Waals surface area (Å²) in [6, 6.07) is 26.8. The summed E-state index contributed by atoms with van der Waals surface area (Å²) >= 11 is 0. The molecule has 3 aromatic carbocycles. The van der Waals surface area contributed by atoms with Gasteiger partial charge in [0.2, 0.25) is 5.91 Å². The highest BCUT2D eigenvalue weighted by Gasteiger charge is 2.25. The standard InChI is InChI=1S/C28H29N5O2/c1-21(29-28(35)22-10-4-2-5-11-22)27-30-24-14-8-9-15-25(24)33(27)20-26(34)32-18-16-31(17-19-32)23-12-6-3-7-13-23/h2-15,21H,16-20H2,1H3,(H,29,35). The molecule has 1 aliphatic rings. The molecule has 4 aromatic rings. The maximum atomic E-state index is 13.3. The van der Waals surface area contributed by atoms with Gasteiger partial charge < -0.3 is 19.7 Å². The lowest BCUT2D eigenvalue weighted by Gasteiger charge is -2.36. The first-order valence-electron chi connectivity index (χ1n) is 12.0. The zero-order chi connectivity index (χ0) is 24.2. The van der Waals surface area contributed by atoms with E-state index in [0.717, 1.165) is 24.1 Å². The van der Waals surface area contributed by atoms with Crippen molar-refractivity contribution in [1.29, 1.82) is 0 Å². The topological polar surface area (TPSA) is 70.5 Å². The van der Waals surface area contributed by atoms with Crippen molar-refractivity contribution in [2.45, 2.75) is 19.5 Å². The number of benzene rings is 3. The summed E-state index contributed by atoms with van der Waals surface area (Å²) in [4.78, 5) is 35.1. The third-order valence-electron chi connectivity index (χ3n) is 6.50. The molecule has 1 aromatic heterocycles. The van der Waals surface area contributed by atoms with Crippen molar-refractivity contribution in [3.8, 4) is 0 Å². The number of hydrogen-bond donors (Lipinski definition) is 1. The highest BCUT2D eigenvalue weighted by atomic mass is 16.2. The van der Waals surface area contributed by atoms with Gasteiger partial charge in [-0.05, 0) is 43.3 Å². The third-order valence-corrected chi connectivity index (χ3v) is 6.50. The molecule has 0 saturated carbocycles. The van der Waals surface area contributed by atoms with Gasteiger partial charge >= 0.3 is 0 Å².